The molecule has 0 radical (unpaired) electrons. The Morgan fingerprint density at radius 3 is 0.743 bits per heavy atom. The van der Waals surface area contributed by atoms with Gasteiger partial charge in [0.05, 0.1) is 35.7 Å². The fourth-order valence-corrected chi connectivity index (χ4v) is 2.15. The van der Waals surface area contributed by atoms with Crippen molar-refractivity contribution in [2.75, 3.05) is 0 Å². The normalized spacial score (nSPS) is 12.1. The number of carbonyl (C=O) groups excluding carboxylic acids is 7. The molecule has 0 bridgehead atoms. The van der Waals surface area contributed by atoms with E-state index in [1.807, 2.05) is 0 Å². The largest absolute Gasteiger partial charge is 4.00 e. The molecule has 0 saturated heterocycles. The molecule has 0 aliphatic heterocycles. The van der Waals surface area contributed by atoms with Crippen LogP contribution in [0.4, 0.5) is 0 Å². The quantitative estimate of drug-likeness (QED) is 0.156. The molecule has 0 aliphatic rings. The number of aliphatic carboxylic acids is 3. The Bertz CT molecular complexity index is 620. The summed E-state index contributed by atoms with van der Waals surface area (Å²) in [5.74, 6) is -7.94. The fourth-order valence-electron chi connectivity index (χ4n) is 2.15. The van der Waals surface area contributed by atoms with Gasteiger partial charge in [-0.05, 0) is 53.0 Å². The number of Topliss-reactive ketones (excluding diaryl/α,β-unsaturated/α-hetero) is 3. The number of hydrogen-bond donors (Lipinski definition) is 0. The molecular formula is C23H34O11Zr. The third-order valence-corrected chi connectivity index (χ3v) is 3.96. The van der Waals surface area contributed by atoms with Gasteiger partial charge in [0.2, 0.25) is 0 Å². The van der Waals surface area contributed by atoms with E-state index in [-0.39, 0.29) is 55.1 Å². The first-order valence-corrected chi connectivity index (χ1v) is 10.4. The van der Waals surface area contributed by atoms with Gasteiger partial charge in [-0.15, -0.1) is 5.76 Å². The minimum atomic E-state index is -1.27. The second-order valence-corrected chi connectivity index (χ2v) is 7.04. The third-order valence-electron chi connectivity index (χ3n) is 3.96. The van der Waals surface area contributed by atoms with Crippen LogP contribution in [0.5, 0.6) is 0 Å². The standard InChI is InChI=1S/3C6H10O3.C5H8O2.Zr/c3*1-3-5(4(2)7)6(8)9;1-4(6)3-5(2)7;/h3*5H,3H2,1-2H3,(H,8,9);3,6H,1-2H3;/q;;;;+4/p-4/b;;;4-3-;. The number of allylic oxidation sites excluding steroid dienone is 2. The van der Waals surface area contributed by atoms with Crippen molar-refractivity contribution < 1.29 is 80.2 Å². The molecule has 0 N–H and O–H groups in total. The molecule has 0 spiro atoms. The van der Waals surface area contributed by atoms with Crippen LogP contribution in [0.2, 0.25) is 0 Å². The number of ketones is 4. The van der Waals surface area contributed by atoms with Gasteiger partial charge in [0.15, 0.2) is 5.78 Å². The van der Waals surface area contributed by atoms with Gasteiger partial charge in [-0.1, -0.05) is 27.7 Å². The zero-order valence-corrected chi connectivity index (χ0v) is 23.9. The van der Waals surface area contributed by atoms with Crippen LogP contribution in [0.1, 0.15) is 74.7 Å². The van der Waals surface area contributed by atoms with Crippen molar-refractivity contribution >= 4 is 41.0 Å². The van der Waals surface area contributed by atoms with E-state index in [4.69, 9.17) is 0 Å². The summed E-state index contributed by atoms with van der Waals surface area (Å²) >= 11 is 0. The van der Waals surface area contributed by atoms with Crippen molar-refractivity contribution in [2.24, 2.45) is 17.8 Å². The second-order valence-electron chi connectivity index (χ2n) is 7.04. The van der Waals surface area contributed by atoms with Crippen molar-refractivity contribution in [3.63, 3.8) is 0 Å². The molecule has 35 heavy (non-hydrogen) atoms. The second kappa shape index (κ2) is 24.6. The van der Waals surface area contributed by atoms with Crippen molar-refractivity contribution in [1.29, 1.82) is 0 Å². The van der Waals surface area contributed by atoms with Crippen LogP contribution in [0.3, 0.4) is 0 Å². The smallest absolute Gasteiger partial charge is 0.876 e. The minimum Gasteiger partial charge on any atom is -0.876 e. The van der Waals surface area contributed by atoms with Gasteiger partial charge in [0, 0.05) is 0 Å². The van der Waals surface area contributed by atoms with Gasteiger partial charge in [0.25, 0.3) is 0 Å². The molecule has 0 saturated carbocycles. The molecule has 0 aromatic carbocycles. The summed E-state index contributed by atoms with van der Waals surface area (Å²) in [6, 6.07) is 0. The molecule has 0 amide bonds. The third kappa shape index (κ3) is 27.6. The summed E-state index contributed by atoms with van der Waals surface area (Å²) < 4.78 is 0. The Hall–Kier alpha value is -2.49. The maximum absolute atomic E-state index is 10.4. The van der Waals surface area contributed by atoms with Gasteiger partial charge in [-0.3, -0.25) is 19.2 Å². The molecule has 0 aliphatic carbocycles. The summed E-state index contributed by atoms with van der Waals surface area (Å²) in [5, 5.41) is 40.1. The SMILES string of the molecule is CC(=O)/C=C(/C)[O-].CCC(C(C)=O)C(=O)[O-].CCC(C(C)=O)C(=O)[O-].CCC(C(C)=O)C(=O)[O-].[Zr+4]. The molecule has 12 heteroatoms. The fraction of sp³-hybridized carbons (Fsp3) is 0.609. The molecule has 0 aromatic rings. The predicted molar refractivity (Wildman–Crippen MR) is 113 cm³/mol. The van der Waals surface area contributed by atoms with Crippen molar-refractivity contribution in [1.82, 2.24) is 0 Å². The maximum atomic E-state index is 10.4. The van der Waals surface area contributed by atoms with Gasteiger partial charge < -0.3 is 34.8 Å². The molecule has 0 fully saturated rings. The predicted octanol–water partition coefficient (Wildman–Crippen LogP) is -2.11. The zero-order valence-electron chi connectivity index (χ0n) is 21.4. The number of carboxylic acid groups (broad SMARTS) is 3. The number of rotatable bonds is 10. The van der Waals surface area contributed by atoms with E-state index in [1.54, 1.807) is 20.8 Å². The first-order chi connectivity index (χ1) is 15.4. The Labute approximate surface area is 225 Å². The first-order valence-electron chi connectivity index (χ1n) is 10.4. The molecule has 3 atom stereocenters. The summed E-state index contributed by atoms with van der Waals surface area (Å²) in [7, 11) is 0. The summed E-state index contributed by atoms with van der Waals surface area (Å²) in [4.78, 5) is 71.3. The average Bonchev–Trinajstić information content (AvgIpc) is 2.61. The summed E-state index contributed by atoms with van der Waals surface area (Å²) in [6.07, 6.45) is 2.01. The Balaban J connectivity index is -0.000000114. The van der Waals surface area contributed by atoms with Crippen LogP contribution in [-0.2, 0) is 59.8 Å². The summed E-state index contributed by atoms with van der Waals surface area (Å²) in [6.45, 7) is 11.4. The maximum Gasteiger partial charge on any atom is 4.00 e. The molecule has 0 aromatic heterocycles. The van der Waals surface area contributed by atoms with Gasteiger partial charge in [-0.2, -0.15) is 0 Å². The number of hydrogen-bond acceptors (Lipinski definition) is 11. The molecular weight excluding hydrogens is 543 g/mol. The monoisotopic (exact) mass is 576 g/mol. The van der Waals surface area contributed by atoms with E-state index in [1.165, 1.54) is 34.6 Å². The average molecular weight is 578 g/mol. The molecule has 0 heterocycles. The Morgan fingerprint density at radius 1 is 0.543 bits per heavy atom. The van der Waals surface area contributed by atoms with Crippen LogP contribution < -0.4 is 20.4 Å². The Kier molecular flexibility index (Phi) is 30.0. The van der Waals surface area contributed by atoms with Crippen molar-refractivity contribution in [2.45, 2.75) is 74.7 Å². The van der Waals surface area contributed by atoms with E-state index >= 15 is 0 Å². The van der Waals surface area contributed by atoms with E-state index in [0.717, 1.165) is 6.08 Å². The van der Waals surface area contributed by atoms with Gasteiger partial charge >= 0.3 is 26.2 Å². The summed E-state index contributed by atoms with van der Waals surface area (Å²) in [5.41, 5.74) is 0. The van der Waals surface area contributed by atoms with Crippen LogP contribution in [0.15, 0.2) is 11.8 Å². The zero-order chi connectivity index (χ0) is 28.2. The first kappa shape index (κ1) is 42.7. The van der Waals surface area contributed by atoms with Crippen molar-refractivity contribution in [3.05, 3.63) is 11.8 Å². The molecule has 196 valence electrons. The van der Waals surface area contributed by atoms with E-state index in [2.05, 4.69) is 0 Å². The number of carboxylic acids is 3. The minimum absolute atomic E-state index is 0. The van der Waals surface area contributed by atoms with Gasteiger partial charge in [0.1, 0.15) is 17.3 Å². The topological polar surface area (TPSA) is 212 Å². The van der Waals surface area contributed by atoms with Crippen LogP contribution >= 0.6 is 0 Å². The van der Waals surface area contributed by atoms with E-state index in [0.29, 0.717) is 19.3 Å². The van der Waals surface area contributed by atoms with Crippen LogP contribution in [0.25, 0.3) is 0 Å². The van der Waals surface area contributed by atoms with Crippen molar-refractivity contribution in [3.8, 4) is 0 Å². The molecule has 3 unspecified atom stereocenters. The van der Waals surface area contributed by atoms with Gasteiger partial charge in [-0.25, -0.2) is 0 Å². The van der Waals surface area contributed by atoms with E-state index < -0.39 is 35.7 Å². The van der Waals surface area contributed by atoms with Crippen LogP contribution in [-0.4, -0.2) is 41.0 Å². The van der Waals surface area contributed by atoms with E-state index in [9.17, 15) is 54.0 Å². The number of carbonyl (C=O) groups is 7. The molecule has 11 nitrogen and oxygen atoms in total. The Morgan fingerprint density at radius 2 is 0.743 bits per heavy atom. The van der Waals surface area contributed by atoms with Crippen LogP contribution in [0, 0.1) is 17.8 Å². The molecule has 0 rings (SSSR count).